The van der Waals surface area contributed by atoms with E-state index in [4.69, 9.17) is 14.2 Å². The van der Waals surface area contributed by atoms with Crippen molar-refractivity contribution < 1.29 is 33.3 Å². The molecule has 0 saturated heterocycles. The van der Waals surface area contributed by atoms with Crippen LogP contribution in [-0.2, 0) is 14.3 Å². The van der Waals surface area contributed by atoms with Gasteiger partial charge in [-0.15, -0.1) is 0 Å². The van der Waals surface area contributed by atoms with Gasteiger partial charge >= 0.3 is 11.9 Å². The lowest BCUT2D eigenvalue weighted by atomic mass is 10.1. The van der Waals surface area contributed by atoms with Crippen LogP contribution in [0.25, 0.3) is 0 Å². The van der Waals surface area contributed by atoms with Crippen molar-refractivity contribution in [2.24, 2.45) is 0 Å². The smallest absolute Gasteiger partial charge is 0.339 e. The van der Waals surface area contributed by atoms with Crippen molar-refractivity contribution in [3.05, 3.63) is 64.9 Å². The summed E-state index contributed by atoms with van der Waals surface area (Å²) in [6, 6.07) is 10.7. The number of nitrogens with zero attached hydrogens (tertiary/aromatic N) is 1. The molecule has 0 fully saturated rings. The summed E-state index contributed by atoms with van der Waals surface area (Å²) in [4.78, 5) is 36.6. The molecule has 0 aromatic heterocycles. The molecule has 10 heteroatoms. The number of hydrogen-bond acceptors (Lipinski definition) is 9. The highest BCUT2D eigenvalue weighted by atomic mass is 16.5. The third kappa shape index (κ3) is 6.04. The van der Waals surface area contributed by atoms with E-state index in [-0.39, 0.29) is 22.4 Å². The Hall–Kier alpha value is -4.52. The normalized spacial score (nSPS) is 11.5. The summed E-state index contributed by atoms with van der Waals surface area (Å²) in [7, 11) is 5.46. The number of methoxy groups -OCH3 is 4. The number of nitriles is 1. The van der Waals surface area contributed by atoms with Crippen molar-refractivity contribution in [1.82, 2.24) is 5.32 Å². The van der Waals surface area contributed by atoms with Gasteiger partial charge in [0.1, 0.15) is 11.6 Å². The van der Waals surface area contributed by atoms with Gasteiger partial charge in [0, 0.05) is 6.20 Å². The first kappa shape index (κ1) is 25.7. The molecule has 0 aliphatic carbocycles. The molecule has 0 bridgehead atoms. The van der Waals surface area contributed by atoms with E-state index in [2.05, 4.69) is 15.4 Å². The van der Waals surface area contributed by atoms with E-state index in [9.17, 15) is 19.6 Å². The van der Waals surface area contributed by atoms with Crippen LogP contribution in [0.5, 0.6) is 11.5 Å². The predicted molar refractivity (Wildman–Crippen MR) is 123 cm³/mol. The van der Waals surface area contributed by atoms with Crippen molar-refractivity contribution in [3.63, 3.8) is 0 Å². The summed E-state index contributed by atoms with van der Waals surface area (Å²) in [5, 5.41) is 15.0. The zero-order valence-electron chi connectivity index (χ0n) is 19.4. The highest BCUT2D eigenvalue weighted by molar-refractivity contribution is 6.00. The number of rotatable bonds is 9. The summed E-state index contributed by atoms with van der Waals surface area (Å²) in [6.45, 7) is 1.75. The van der Waals surface area contributed by atoms with E-state index in [1.165, 1.54) is 46.6 Å². The summed E-state index contributed by atoms with van der Waals surface area (Å²) in [5.74, 6) is -0.898. The molecule has 2 rings (SSSR count). The molecule has 2 N–H and O–H groups in total. The van der Waals surface area contributed by atoms with E-state index >= 15 is 0 Å². The minimum absolute atomic E-state index is 0.0998. The number of hydrogen-bond donors (Lipinski definition) is 2. The van der Waals surface area contributed by atoms with Crippen LogP contribution in [-0.4, -0.2) is 46.3 Å². The fraction of sp³-hybridized carbons (Fsp3) is 0.250. The van der Waals surface area contributed by atoms with Crippen LogP contribution in [0.3, 0.4) is 0 Å². The molecule has 10 nitrogen and oxygen atoms in total. The average molecular weight is 467 g/mol. The van der Waals surface area contributed by atoms with Crippen LogP contribution >= 0.6 is 0 Å². The number of amides is 1. The molecule has 0 radical (unpaired) electrons. The molecule has 0 heterocycles. The fourth-order valence-electron chi connectivity index (χ4n) is 2.97. The number of carbonyl (C=O) groups is 3. The van der Waals surface area contributed by atoms with Crippen LogP contribution in [0.15, 0.2) is 48.2 Å². The van der Waals surface area contributed by atoms with Crippen molar-refractivity contribution in [2.75, 3.05) is 33.8 Å². The third-order valence-corrected chi connectivity index (χ3v) is 4.84. The Labute approximate surface area is 197 Å². The van der Waals surface area contributed by atoms with Crippen LogP contribution < -0.4 is 20.1 Å². The minimum atomic E-state index is -0.669. The van der Waals surface area contributed by atoms with Crippen molar-refractivity contribution in [3.8, 4) is 17.6 Å². The lowest BCUT2D eigenvalue weighted by Gasteiger charge is -2.16. The first-order valence-electron chi connectivity index (χ1n) is 9.99. The number of nitrogens with one attached hydrogen (secondary N) is 2. The second-order valence-electron chi connectivity index (χ2n) is 6.87. The number of anilines is 1. The number of ether oxygens (including phenoxy) is 4. The fourth-order valence-corrected chi connectivity index (χ4v) is 2.97. The Balaban J connectivity index is 2.26. The van der Waals surface area contributed by atoms with Gasteiger partial charge in [0.15, 0.2) is 11.5 Å². The number of carbonyl (C=O) groups excluding carboxylic acids is 3. The zero-order chi connectivity index (χ0) is 25.3. The van der Waals surface area contributed by atoms with Gasteiger partial charge in [0.2, 0.25) is 0 Å². The van der Waals surface area contributed by atoms with E-state index in [1.54, 1.807) is 25.1 Å². The highest BCUT2D eigenvalue weighted by Crippen LogP contribution is 2.30. The van der Waals surface area contributed by atoms with E-state index in [0.717, 1.165) is 11.8 Å². The van der Waals surface area contributed by atoms with Gasteiger partial charge in [0.05, 0.1) is 51.3 Å². The molecule has 2 aromatic rings. The Morgan fingerprint density at radius 1 is 0.941 bits per heavy atom. The van der Waals surface area contributed by atoms with Crippen LogP contribution in [0.4, 0.5) is 5.69 Å². The van der Waals surface area contributed by atoms with Gasteiger partial charge in [-0.2, -0.15) is 5.26 Å². The van der Waals surface area contributed by atoms with Gasteiger partial charge in [-0.25, -0.2) is 9.59 Å². The van der Waals surface area contributed by atoms with Crippen molar-refractivity contribution in [1.29, 1.82) is 5.26 Å². The second-order valence-corrected chi connectivity index (χ2v) is 6.87. The largest absolute Gasteiger partial charge is 0.493 e. The van der Waals surface area contributed by atoms with Gasteiger partial charge in [-0.3, -0.25) is 4.79 Å². The average Bonchev–Trinajstić information content (AvgIpc) is 2.87. The Morgan fingerprint density at radius 2 is 1.62 bits per heavy atom. The molecule has 34 heavy (non-hydrogen) atoms. The molecule has 0 spiro atoms. The Kier molecular flexibility index (Phi) is 9.02. The van der Waals surface area contributed by atoms with Gasteiger partial charge in [-0.1, -0.05) is 6.07 Å². The predicted octanol–water partition coefficient (Wildman–Crippen LogP) is 2.97. The molecule has 0 saturated carbocycles. The summed E-state index contributed by atoms with van der Waals surface area (Å²) in [6.07, 6.45) is 1.14. The third-order valence-electron chi connectivity index (χ3n) is 4.84. The molecule has 1 unspecified atom stereocenters. The van der Waals surface area contributed by atoms with E-state index in [0.29, 0.717) is 11.5 Å². The lowest BCUT2D eigenvalue weighted by molar-refractivity contribution is -0.117. The summed E-state index contributed by atoms with van der Waals surface area (Å²) < 4.78 is 19.9. The highest BCUT2D eigenvalue weighted by Gasteiger charge is 2.18. The Bertz CT molecular complexity index is 1150. The van der Waals surface area contributed by atoms with Gasteiger partial charge in [-0.05, 0) is 42.8 Å². The molecular weight excluding hydrogens is 442 g/mol. The molecule has 2 aromatic carbocycles. The monoisotopic (exact) mass is 467 g/mol. The quantitative estimate of drug-likeness (QED) is 0.324. The van der Waals surface area contributed by atoms with Crippen molar-refractivity contribution in [2.45, 2.75) is 13.0 Å². The molecule has 1 atom stereocenters. The number of esters is 2. The summed E-state index contributed by atoms with van der Waals surface area (Å²) >= 11 is 0. The van der Waals surface area contributed by atoms with E-state index < -0.39 is 23.9 Å². The minimum Gasteiger partial charge on any atom is -0.493 e. The summed E-state index contributed by atoms with van der Waals surface area (Å²) in [5.41, 5.74) is 0.892. The van der Waals surface area contributed by atoms with Gasteiger partial charge in [0.25, 0.3) is 5.91 Å². The molecule has 0 aliphatic heterocycles. The maximum absolute atomic E-state index is 12.7. The van der Waals surface area contributed by atoms with Crippen molar-refractivity contribution >= 4 is 23.5 Å². The maximum Gasteiger partial charge on any atom is 0.339 e. The lowest BCUT2D eigenvalue weighted by Crippen LogP contribution is -2.28. The van der Waals surface area contributed by atoms with E-state index in [1.807, 2.05) is 6.07 Å². The molecule has 1 amide bonds. The standard InChI is InChI=1S/C24H25N3O7/c1-14(15-7-9-20(31-2)21(11-15)32-3)27-22(28)17(12-25)13-26-19-10-16(23(29)33-4)6-8-18(19)24(30)34-5/h6-11,13-14,26H,1-5H3,(H,27,28)/b17-13-. The zero-order valence-corrected chi connectivity index (χ0v) is 19.4. The van der Waals surface area contributed by atoms with Crippen LogP contribution in [0.2, 0.25) is 0 Å². The first-order valence-corrected chi connectivity index (χ1v) is 9.99. The number of benzene rings is 2. The SMILES string of the molecule is COC(=O)c1ccc(C(=O)OC)c(N/C=C(/C#N)C(=O)NC(C)c2ccc(OC)c(OC)c2)c1. The topological polar surface area (TPSA) is 136 Å². The Morgan fingerprint density at radius 3 is 2.21 bits per heavy atom. The van der Waals surface area contributed by atoms with Crippen LogP contribution in [0, 0.1) is 11.3 Å². The first-order chi connectivity index (χ1) is 16.3. The van der Waals surface area contributed by atoms with Gasteiger partial charge < -0.3 is 29.6 Å². The molecule has 0 aliphatic rings. The second kappa shape index (κ2) is 11.9. The maximum atomic E-state index is 12.7. The molecular formula is C24H25N3O7. The van der Waals surface area contributed by atoms with Crippen LogP contribution in [0.1, 0.15) is 39.2 Å². The molecule has 178 valence electrons.